The molecule has 2 aromatic heterocycles. The van der Waals surface area contributed by atoms with Crippen LogP contribution in [0.15, 0.2) is 29.0 Å². The highest BCUT2D eigenvalue weighted by atomic mass is 16.5. The molecule has 8 nitrogen and oxygen atoms in total. The summed E-state index contributed by atoms with van der Waals surface area (Å²) < 4.78 is 6.68. The van der Waals surface area contributed by atoms with E-state index in [1.165, 1.54) is 6.33 Å². The second-order valence-electron chi connectivity index (χ2n) is 5.56. The van der Waals surface area contributed by atoms with Gasteiger partial charge in [0.1, 0.15) is 12.1 Å². The molecule has 0 fully saturated rings. The van der Waals surface area contributed by atoms with Crippen molar-refractivity contribution in [3.05, 3.63) is 52.7 Å². The standard InChI is InChI=1S/C16H18N6O2/c1-10-8-13(4-5-15(10)22-9-18-20-21-22)16(23)17-7-6-14-11(2)19-24-12(14)3/h4-5,8-9H,6-7H2,1-3H3,(H,17,23). The molecule has 0 atom stereocenters. The Morgan fingerprint density at radius 1 is 1.29 bits per heavy atom. The van der Waals surface area contributed by atoms with E-state index >= 15 is 0 Å². The van der Waals surface area contributed by atoms with Crippen molar-refractivity contribution in [1.29, 1.82) is 0 Å². The number of aromatic nitrogens is 5. The topological polar surface area (TPSA) is 98.7 Å². The van der Waals surface area contributed by atoms with Crippen LogP contribution in [0.2, 0.25) is 0 Å². The van der Waals surface area contributed by atoms with Crippen LogP contribution in [0, 0.1) is 20.8 Å². The molecule has 0 bridgehead atoms. The number of rotatable bonds is 5. The van der Waals surface area contributed by atoms with E-state index in [9.17, 15) is 4.79 Å². The zero-order chi connectivity index (χ0) is 17.1. The van der Waals surface area contributed by atoms with Crippen LogP contribution in [0.1, 0.15) is 32.9 Å². The van der Waals surface area contributed by atoms with Crippen LogP contribution in [0.25, 0.3) is 5.69 Å². The Morgan fingerprint density at radius 3 is 2.75 bits per heavy atom. The monoisotopic (exact) mass is 326 g/mol. The van der Waals surface area contributed by atoms with Crippen molar-refractivity contribution in [3.8, 4) is 5.69 Å². The summed E-state index contributed by atoms with van der Waals surface area (Å²) in [4.78, 5) is 12.3. The summed E-state index contributed by atoms with van der Waals surface area (Å²) in [6.07, 6.45) is 2.21. The molecule has 2 heterocycles. The number of aryl methyl sites for hydroxylation is 3. The number of benzene rings is 1. The van der Waals surface area contributed by atoms with Crippen LogP contribution in [0.5, 0.6) is 0 Å². The zero-order valence-electron chi connectivity index (χ0n) is 13.8. The maximum absolute atomic E-state index is 12.3. The fourth-order valence-electron chi connectivity index (χ4n) is 2.59. The van der Waals surface area contributed by atoms with Gasteiger partial charge < -0.3 is 9.84 Å². The molecule has 8 heteroatoms. The number of hydrogen-bond acceptors (Lipinski definition) is 6. The van der Waals surface area contributed by atoms with Gasteiger partial charge in [-0.2, -0.15) is 0 Å². The predicted octanol–water partition coefficient (Wildman–Crippen LogP) is 1.55. The van der Waals surface area contributed by atoms with Crippen LogP contribution in [-0.4, -0.2) is 37.8 Å². The number of nitrogens with zero attached hydrogens (tertiary/aromatic N) is 5. The number of tetrazole rings is 1. The molecule has 24 heavy (non-hydrogen) atoms. The van der Waals surface area contributed by atoms with E-state index in [0.717, 1.165) is 28.3 Å². The minimum atomic E-state index is -0.117. The minimum absolute atomic E-state index is 0.117. The second kappa shape index (κ2) is 6.61. The first kappa shape index (κ1) is 15.9. The summed E-state index contributed by atoms with van der Waals surface area (Å²) in [5.41, 5.74) is 4.26. The Morgan fingerprint density at radius 2 is 2.12 bits per heavy atom. The highest BCUT2D eigenvalue weighted by Gasteiger charge is 2.11. The van der Waals surface area contributed by atoms with E-state index in [-0.39, 0.29) is 5.91 Å². The van der Waals surface area contributed by atoms with Crippen molar-refractivity contribution in [2.75, 3.05) is 6.54 Å². The third-order valence-electron chi connectivity index (χ3n) is 3.90. The van der Waals surface area contributed by atoms with Crippen molar-refractivity contribution in [3.63, 3.8) is 0 Å². The highest BCUT2D eigenvalue weighted by molar-refractivity contribution is 5.94. The average Bonchev–Trinajstić information content (AvgIpc) is 3.19. The first-order valence-electron chi connectivity index (χ1n) is 7.60. The molecular weight excluding hydrogens is 308 g/mol. The van der Waals surface area contributed by atoms with E-state index in [1.54, 1.807) is 10.7 Å². The number of carbonyl (C=O) groups excluding carboxylic acids is 1. The molecule has 0 aliphatic rings. The van der Waals surface area contributed by atoms with Crippen molar-refractivity contribution in [2.24, 2.45) is 0 Å². The molecule has 0 aliphatic heterocycles. The lowest BCUT2D eigenvalue weighted by molar-refractivity contribution is 0.0954. The third-order valence-corrected chi connectivity index (χ3v) is 3.90. The van der Waals surface area contributed by atoms with Gasteiger partial charge >= 0.3 is 0 Å². The fraction of sp³-hybridized carbons (Fsp3) is 0.312. The van der Waals surface area contributed by atoms with Gasteiger partial charge in [0.05, 0.1) is 11.4 Å². The molecule has 0 unspecified atom stereocenters. The van der Waals surface area contributed by atoms with Gasteiger partial charge in [0, 0.05) is 17.7 Å². The average molecular weight is 326 g/mol. The Labute approximate surface area is 138 Å². The second-order valence-corrected chi connectivity index (χ2v) is 5.56. The maximum Gasteiger partial charge on any atom is 0.251 e. The van der Waals surface area contributed by atoms with Gasteiger partial charge in [-0.1, -0.05) is 5.16 Å². The van der Waals surface area contributed by atoms with Gasteiger partial charge in [-0.25, -0.2) is 4.68 Å². The lowest BCUT2D eigenvalue weighted by Crippen LogP contribution is -2.26. The van der Waals surface area contributed by atoms with Crippen molar-refractivity contribution in [2.45, 2.75) is 27.2 Å². The molecule has 3 rings (SSSR count). The highest BCUT2D eigenvalue weighted by Crippen LogP contribution is 2.15. The molecule has 0 saturated heterocycles. The molecule has 0 aliphatic carbocycles. The van der Waals surface area contributed by atoms with Gasteiger partial charge in [-0.15, -0.1) is 5.10 Å². The predicted molar refractivity (Wildman–Crippen MR) is 85.9 cm³/mol. The quantitative estimate of drug-likeness (QED) is 0.764. The largest absolute Gasteiger partial charge is 0.361 e. The Hall–Kier alpha value is -3.03. The first-order chi connectivity index (χ1) is 11.6. The molecule has 1 N–H and O–H groups in total. The van der Waals surface area contributed by atoms with Crippen LogP contribution in [0.3, 0.4) is 0 Å². The van der Waals surface area contributed by atoms with Crippen LogP contribution >= 0.6 is 0 Å². The van der Waals surface area contributed by atoms with E-state index < -0.39 is 0 Å². The third kappa shape index (κ3) is 3.17. The summed E-state index contributed by atoms with van der Waals surface area (Å²) in [5.74, 6) is 0.677. The summed E-state index contributed by atoms with van der Waals surface area (Å²) in [6, 6.07) is 5.41. The molecule has 0 spiro atoms. The molecule has 3 aromatic rings. The fourth-order valence-corrected chi connectivity index (χ4v) is 2.59. The number of hydrogen-bond donors (Lipinski definition) is 1. The first-order valence-corrected chi connectivity index (χ1v) is 7.60. The molecule has 0 saturated carbocycles. The van der Waals surface area contributed by atoms with Gasteiger partial charge in [0.25, 0.3) is 5.91 Å². The lowest BCUT2D eigenvalue weighted by Gasteiger charge is -2.08. The molecule has 1 aromatic carbocycles. The van der Waals surface area contributed by atoms with Crippen LogP contribution < -0.4 is 5.32 Å². The summed E-state index contributed by atoms with van der Waals surface area (Å²) in [5, 5.41) is 17.9. The summed E-state index contributed by atoms with van der Waals surface area (Å²) >= 11 is 0. The van der Waals surface area contributed by atoms with Gasteiger partial charge in [-0.05, 0) is 61.4 Å². The Balaban J connectivity index is 1.64. The van der Waals surface area contributed by atoms with Crippen molar-refractivity contribution < 1.29 is 9.32 Å². The molecular formula is C16H18N6O2. The maximum atomic E-state index is 12.3. The molecule has 0 radical (unpaired) electrons. The lowest BCUT2D eigenvalue weighted by atomic mass is 10.1. The number of nitrogens with one attached hydrogen (secondary N) is 1. The van der Waals surface area contributed by atoms with Gasteiger partial charge in [0.2, 0.25) is 0 Å². The summed E-state index contributed by atoms with van der Waals surface area (Å²) in [7, 11) is 0. The molecule has 124 valence electrons. The minimum Gasteiger partial charge on any atom is -0.361 e. The van der Waals surface area contributed by atoms with Crippen LogP contribution in [-0.2, 0) is 6.42 Å². The Bertz CT molecular complexity index is 834. The molecule has 1 amide bonds. The van der Waals surface area contributed by atoms with E-state index in [0.29, 0.717) is 18.5 Å². The normalized spacial score (nSPS) is 10.8. The van der Waals surface area contributed by atoms with Crippen molar-refractivity contribution >= 4 is 5.91 Å². The number of carbonyl (C=O) groups is 1. The summed E-state index contributed by atoms with van der Waals surface area (Å²) in [6.45, 7) is 6.21. The van der Waals surface area contributed by atoms with Crippen LogP contribution in [0.4, 0.5) is 0 Å². The number of amides is 1. The Kier molecular flexibility index (Phi) is 4.37. The van der Waals surface area contributed by atoms with E-state index in [4.69, 9.17) is 4.52 Å². The van der Waals surface area contributed by atoms with E-state index in [2.05, 4.69) is 26.0 Å². The SMILES string of the molecule is Cc1cc(C(=O)NCCc2c(C)noc2C)ccc1-n1cnnn1. The van der Waals surface area contributed by atoms with Gasteiger partial charge in [-0.3, -0.25) is 4.79 Å². The van der Waals surface area contributed by atoms with Gasteiger partial charge in [0.15, 0.2) is 0 Å². The van der Waals surface area contributed by atoms with Crippen molar-refractivity contribution in [1.82, 2.24) is 30.7 Å². The van der Waals surface area contributed by atoms with E-state index in [1.807, 2.05) is 32.9 Å². The zero-order valence-corrected chi connectivity index (χ0v) is 13.8. The smallest absolute Gasteiger partial charge is 0.251 e.